The molecule has 0 spiro atoms. The van der Waals surface area contributed by atoms with Crippen LogP contribution in [0.4, 0.5) is 0 Å². The predicted octanol–water partition coefficient (Wildman–Crippen LogP) is 2.22. The summed E-state index contributed by atoms with van der Waals surface area (Å²) in [6, 6.07) is 0. The molecule has 0 saturated carbocycles. The van der Waals surface area contributed by atoms with Crippen molar-refractivity contribution in [1.82, 2.24) is 0 Å². The lowest BCUT2D eigenvalue weighted by atomic mass is 9.81. The highest BCUT2D eigenvalue weighted by Crippen LogP contribution is 2.25. The first-order valence-electron chi connectivity index (χ1n) is 3.77. The van der Waals surface area contributed by atoms with E-state index in [2.05, 4.69) is 6.58 Å². The third-order valence-corrected chi connectivity index (χ3v) is 2.44. The highest BCUT2D eigenvalue weighted by molar-refractivity contribution is 4.91. The molecule has 0 aliphatic carbocycles. The molecule has 0 saturated heterocycles. The first-order chi connectivity index (χ1) is 4.42. The van der Waals surface area contributed by atoms with E-state index in [1.54, 1.807) is 6.08 Å². The molecule has 0 aromatic heterocycles. The molecule has 1 N–H and O–H groups in total. The van der Waals surface area contributed by atoms with Crippen molar-refractivity contribution in [2.24, 2.45) is 11.8 Å². The Morgan fingerprint density at radius 1 is 1.40 bits per heavy atom. The van der Waals surface area contributed by atoms with Crippen LogP contribution in [0.1, 0.15) is 27.7 Å². The highest BCUT2D eigenvalue weighted by Gasteiger charge is 2.29. The molecule has 0 aliphatic rings. The van der Waals surface area contributed by atoms with Gasteiger partial charge in [-0.15, -0.1) is 6.58 Å². The molecule has 0 heterocycles. The van der Waals surface area contributed by atoms with Crippen LogP contribution in [0.3, 0.4) is 0 Å². The van der Waals surface area contributed by atoms with E-state index < -0.39 is 5.60 Å². The molecule has 0 unspecified atom stereocenters. The Morgan fingerprint density at radius 3 is 1.90 bits per heavy atom. The lowest BCUT2D eigenvalue weighted by Crippen LogP contribution is -2.37. The Labute approximate surface area is 63.8 Å². The summed E-state index contributed by atoms with van der Waals surface area (Å²) in [5, 5.41) is 9.79. The van der Waals surface area contributed by atoms with Crippen molar-refractivity contribution in [2.45, 2.75) is 33.3 Å². The first kappa shape index (κ1) is 9.70. The SMILES string of the molecule is C=C[C@@H](C)[C@](C)(O)C(C)C. The lowest BCUT2D eigenvalue weighted by Gasteiger charge is -2.32. The van der Waals surface area contributed by atoms with Gasteiger partial charge in [-0.25, -0.2) is 0 Å². The summed E-state index contributed by atoms with van der Waals surface area (Å²) in [5.41, 5.74) is -0.609. The minimum atomic E-state index is -0.609. The zero-order chi connectivity index (χ0) is 8.36. The van der Waals surface area contributed by atoms with E-state index in [1.807, 2.05) is 27.7 Å². The van der Waals surface area contributed by atoms with Gasteiger partial charge in [0.25, 0.3) is 0 Å². The van der Waals surface area contributed by atoms with Crippen LogP contribution in [0.25, 0.3) is 0 Å². The largest absolute Gasteiger partial charge is 0.389 e. The normalized spacial score (nSPS) is 20.2. The molecule has 0 bridgehead atoms. The standard InChI is InChI=1S/C9H18O/c1-6-8(4)9(5,10)7(2)3/h6-8,10H,1H2,2-5H3/t8-,9-/m1/s1. The van der Waals surface area contributed by atoms with Gasteiger partial charge in [-0.3, -0.25) is 0 Å². The maximum atomic E-state index is 9.79. The van der Waals surface area contributed by atoms with Crippen LogP contribution in [0.15, 0.2) is 12.7 Å². The summed E-state index contributed by atoms with van der Waals surface area (Å²) in [6.07, 6.45) is 1.79. The topological polar surface area (TPSA) is 20.2 Å². The van der Waals surface area contributed by atoms with E-state index in [0.29, 0.717) is 0 Å². The predicted molar refractivity (Wildman–Crippen MR) is 44.8 cm³/mol. The number of hydrogen-bond donors (Lipinski definition) is 1. The summed E-state index contributed by atoms with van der Waals surface area (Å²) in [4.78, 5) is 0. The lowest BCUT2D eigenvalue weighted by molar-refractivity contribution is -0.0190. The fraction of sp³-hybridized carbons (Fsp3) is 0.778. The molecule has 60 valence electrons. The fourth-order valence-corrected chi connectivity index (χ4v) is 0.764. The Bertz CT molecular complexity index is 114. The van der Waals surface area contributed by atoms with Gasteiger partial charge in [0.1, 0.15) is 0 Å². The second-order valence-electron chi connectivity index (χ2n) is 3.40. The summed E-state index contributed by atoms with van der Waals surface area (Å²) in [5.74, 6) is 0.438. The summed E-state index contributed by atoms with van der Waals surface area (Å²) < 4.78 is 0. The van der Waals surface area contributed by atoms with Crippen molar-refractivity contribution in [1.29, 1.82) is 0 Å². The number of hydrogen-bond acceptors (Lipinski definition) is 1. The van der Waals surface area contributed by atoms with Crippen LogP contribution in [0.2, 0.25) is 0 Å². The summed E-state index contributed by atoms with van der Waals surface area (Å²) in [6.45, 7) is 11.5. The van der Waals surface area contributed by atoms with Gasteiger partial charge < -0.3 is 5.11 Å². The third-order valence-electron chi connectivity index (χ3n) is 2.44. The molecule has 1 heteroatoms. The van der Waals surface area contributed by atoms with Gasteiger partial charge in [0.2, 0.25) is 0 Å². The quantitative estimate of drug-likeness (QED) is 0.599. The van der Waals surface area contributed by atoms with Crippen LogP contribution >= 0.6 is 0 Å². The van der Waals surface area contributed by atoms with Gasteiger partial charge in [-0.05, 0) is 12.8 Å². The molecular weight excluding hydrogens is 124 g/mol. The van der Waals surface area contributed by atoms with Crippen molar-refractivity contribution < 1.29 is 5.11 Å². The second-order valence-corrected chi connectivity index (χ2v) is 3.40. The van der Waals surface area contributed by atoms with Gasteiger partial charge in [-0.2, -0.15) is 0 Å². The van der Waals surface area contributed by atoms with Crippen LogP contribution in [-0.4, -0.2) is 10.7 Å². The Balaban J connectivity index is 4.22. The maximum absolute atomic E-state index is 9.79. The zero-order valence-corrected chi connectivity index (χ0v) is 7.39. The zero-order valence-electron chi connectivity index (χ0n) is 7.39. The van der Waals surface area contributed by atoms with Gasteiger partial charge in [-0.1, -0.05) is 26.8 Å². The highest BCUT2D eigenvalue weighted by atomic mass is 16.3. The first-order valence-corrected chi connectivity index (χ1v) is 3.77. The van der Waals surface area contributed by atoms with Crippen molar-refractivity contribution in [3.63, 3.8) is 0 Å². The van der Waals surface area contributed by atoms with E-state index >= 15 is 0 Å². The molecule has 0 amide bonds. The van der Waals surface area contributed by atoms with Crippen molar-refractivity contribution in [3.8, 4) is 0 Å². The van der Waals surface area contributed by atoms with E-state index in [1.165, 1.54) is 0 Å². The van der Waals surface area contributed by atoms with Crippen molar-refractivity contribution >= 4 is 0 Å². The summed E-state index contributed by atoms with van der Waals surface area (Å²) in [7, 11) is 0. The molecule has 0 fully saturated rings. The number of aliphatic hydroxyl groups is 1. The minimum Gasteiger partial charge on any atom is -0.389 e. The van der Waals surface area contributed by atoms with Gasteiger partial charge in [0.05, 0.1) is 5.60 Å². The van der Waals surface area contributed by atoms with Crippen molar-refractivity contribution in [3.05, 3.63) is 12.7 Å². The molecular formula is C9H18O. The van der Waals surface area contributed by atoms with E-state index in [4.69, 9.17) is 0 Å². The van der Waals surface area contributed by atoms with Gasteiger partial charge in [0.15, 0.2) is 0 Å². The molecule has 0 aromatic carbocycles. The smallest absolute Gasteiger partial charge is 0.0702 e. The fourth-order valence-electron chi connectivity index (χ4n) is 0.764. The summed E-state index contributed by atoms with van der Waals surface area (Å²) >= 11 is 0. The van der Waals surface area contributed by atoms with Crippen LogP contribution < -0.4 is 0 Å². The van der Waals surface area contributed by atoms with Crippen LogP contribution in [-0.2, 0) is 0 Å². The minimum absolute atomic E-state index is 0.160. The van der Waals surface area contributed by atoms with Crippen molar-refractivity contribution in [2.75, 3.05) is 0 Å². The third kappa shape index (κ3) is 1.84. The van der Waals surface area contributed by atoms with E-state index in [0.717, 1.165) is 0 Å². The Kier molecular flexibility index (Phi) is 3.10. The molecule has 0 aliphatic heterocycles. The second kappa shape index (κ2) is 3.20. The monoisotopic (exact) mass is 142 g/mol. The van der Waals surface area contributed by atoms with E-state index in [9.17, 15) is 5.11 Å². The Morgan fingerprint density at radius 2 is 1.80 bits per heavy atom. The number of rotatable bonds is 3. The molecule has 2 atom stereocenters. The molecule has 0 radical (unpaired) electrons. The average molecular weight is 142 g/mol. The average Bonchev–Trinajstić information content (AvgIpc) is 1.86. The van der Waals surface area contributed by atoms with Gasteiger partial charge >= 0.3 is 0 Å². The van der Waals surface area contributed by atoms with E-state index in [-0.39, 0.29) is 11.8 Å². The maximum Gasteiger partial charge on any atom is 0.0702 e. The van der Waals surface area contributed by atoms with Gasteiger partial charge in [0, 0.05) is 5.92 Å². The molecule has 1 nitrogen and oxygen atoms in total. The van der Waals surface area contributed by atoms with Crippen LogP contribution in [0.5, 0.6) is 0 Å². The Hall–Kier alpha value is -0.300. The molecule has 0 aromatic rings. The molecule has 0 rings (SSSR count). The molecule has 10 heavy (non-hydrogen) atoms. The van der Waals surface area contributed by atoms with Crippen LogP contribution in [0, 0.1) is 11.8 Å².